The quantitative estimate of drug-likeness (QED) is 0.775. The predicted molar refractivity (Wildman–Crippen MR) is 97.8 cm³/mol. The Balaban J connectivity index is 1.90. The van der Waals surface area contributed by atoms with Crippen LogP contribution in [0.15, 0.2) is 36.4 Å². The molecule has 24 heavy (non-hydrogen) atoms. The third-order valence-electron chi connectivity index (χ3n) is 4.45. The van der Waals surface area contributed by atoms with Crippen LogP contribution < -0.4 is 5.32 Å². The number of ketones is 1. The van der Waals surface area contributed by atoms with Gasteiger partial charge in [-0.3, -0.25) is 4.79 Å². The van der Waals surface area contributed by atoms with Crippen LogP contribution in [0.1, 0.15) is 30.5 Å². The number of carbonyl (C=O) groups excluding carboxylic acids is 1. The van der Waals surface area contributed by atoms with E-state index in [0.29, 0.717) is 17.1 Å². The second-order valence-corrected chi connectivity index (χ2v) is 6.64. The van der Waals surface area contributed by atoms with E-state index >= 15 is 0 Å². The normalized spacial score (nSPS) is 17.2. The molecule has 1 heterocycles. The molecular weight excluding hydrogens is 325 g/mol. The van der Waals surface area contributed by atoms with E-state index in [0.717, 1.165) is 28.8 Å². The molecule has 0 aliphatic carbocycles. The van der Waals surface area contributed by atoms with Gasteiger partial charge in [0.1, 0.15) is 11.6 Å². The summed E-state index contributed by atoms with van der Waals surface area (Å²) < 4.78 is 14.0. The molecular formula is C20H19ClFNO. The number of nitrogens with one attached hydrogen (secondary N) is 1. The number of Topliss-reactive ketones (excluding diaryl/α,β-unsaturated/α-hetero) is 1. The summed E-state index contributed by atoms with van der Waals surface area (Å²) in [5.74, 6) is -0.0726. The van der Waals surface area contributed by atoms with E-state index in [1.807, 2.05) is 31.2 Å². The Morgan fingerprint density at radius 1 is 1.29 bits per heavy atom. The molecule has 2 aromatic carbocycles. The zero-order valence-electron chi connectivity index (χ0n) is 13.7. The zero-order valence-corrected chi connectivity index (χ0v) is 14.5. The Morgan fingerprint density at radius 2 is 2.08 bits per heavy atom. The summed E-state index contributed by atoms with van der Waals surface area (Å²) in [6, 6.07) is 10.7. The number of anilines is 1. The molecule has 0 aromatic heterocycles. The van der Waals surface area contributed by atoms with Crippen LogP contribution in [0, 0.1) is 11.7 Å². The summed E-state index contributed by atoms with van der Waals surface area (Å²) in [6.07, 6.45) is 2.68. The fraction of sp³-hybridized carbons (Fsp3) is 0.250. The lowest BCUT2D eigenvalue weighted by molar-refractivity contribution is -0.120. The number of fused-ring (bicyclic) bond motifs is 1. The van der Waals surface area contributed by atoms with Crippen LogP contribution in [-0.2, 0) is 11.2 Å². The third-order valence-corrected chi connectivity index (χ3v) is 4.77. The van der Waals surface area contributed by atoms with Gasteiger partial charge >= 0.3 is 0 Å². The first kappa shape index (κ1) is 16.7. The number of hydrogen-bond donors (Lipinski definition) is 1. The van der Waals surface area contributed by atoms with E-state index in [1.54, 1.807) is 19.1 Å². The molecule has 0 saturated carbocycles. The molecule has 0 bridgehead atoms. The summed E-state index contributed by atoms with van der Waals surface area (Å²) in [5, 5.41) is 3.73. The Hall–Kier alpha value is -2.13. The average Bonchev–Trinajstić information content (AvgIpc) is 2.54. The van der Waals surface area contributed by atoms with E-state index in [4.69, 9.17) is 11.6 Å². The lowest BCUT2D eigenvalue weighted by Crippen LogP contribution is -2.28. The molecule has 1 unspecified atom stereocenters. The maximum absolute atomic E-state index is 14.0. The molecule has 0 fully saturated rings. The summed E-state index contributed by atoms with van der Waals surface area (Å²) >= 11 is 6.13. The molecule has 1 N–H and O–H groups in total. The Kier molecular flexibility index (Phi) is 4.72. The summed E-state index contributed by atoms with van der Waals surface area (Å²) in [5.41, 5.74) is 4.35. The van der Waals surface area contributed by atoms with Gasteiger partial charge in [-0.05, 0) is 55.2 Å². The van der Waals surface area contributed by atoms with E-state index in [-0.39, 0.29) is 17.5 Å². The fourth-order valence-corrected chi connectivity index (χ4v) is 3.39. The van der Waals surface area contributed by atoms with Gasteiger partial charge in [-0.25, -0.2) is 4.39 Å². The monoisotopic (exact) mass is 343 g/mol. The van der Waals surface area contributed by atoms with Crippen LogP contribution in [-0.4, -0.2) is 12.3 Å². The molecule has 0 saturated heterocycles. The highest BCUT2D eigenvalue weighted by Crippen LogP contribution is 2.30. The SMILES string of the molecule is CC(=O)C1CNc2cc(C=C(C)c3c(F)cccc3Cl)ccc2C1. The van der Waals surface area contributed by atoms with E-state index < -0.39 is 0 Å². The van der Waals surface area contributed by atoms with Gasteiger partial charge in [0.25, 0.3) is 0 Å². The van der Waals surface area contributed by atoms with Crippen molar-refractivity contribution in [3.05, 3.63) is 63.9 Å². The Bertz CT molecular complexity index is 808. The maximum atomic E-state index is 14.0. The highest BCUT2D eigenvalue weighted by atomic mass is 35.5. The minimum atomic E-state index is -0.323. The van der Waals surface area contributed by atoms with Crippen LogP contribution in [0.2, 0.25) is 5.02 Å². The van der Waals surface area contributed by atoms with E-state index in [2.05, 4.69) is 5.32 Å². The number of rotatable bonds is 3. The summed E-state index contributed by atoms with van der Waals surface area (Å²) in [4.78, 5) is 11.5. The minimum absolute atomic E-state index is 0.0397. The van der Waals surface area contributed by atoms with Crippen molar-refractivity contribution in [3.63, 3.8) is 0 Å². The van der Waals surface area contributed by atoms with Gasteiger partial charge in [0, 0.05) is 23.7 Å². The molecule has 2 nitrogen and oxygen atoms in total. The van der Waals surface area contributed by atoms with Crippen LogP contribution in [0.4, 0.5) is 10.1 Å². The smallest absolute Gasteiger partial charge is 0.134 e. The van der Waals surface area contributed by atoms with E-state index in [1.165, 1.54) is 6.07 Å². The lowest BCUT2D eigenvalue weighted by atomic mass is 9.90. The largest absolute Gasteiger partial charge is 0.384 e. The first-order chi connectivity index (χ1) is 11.5. The molecule has 2 aromatic rings. The van der Waals surface area contributed by atoms with Crippen LogP contribution >= 0.6 is 11.6 Å². The van der Waals surface area contributed by atoms with Gasteiger partial charge in [0.15, 0.2) is 0 Å². The number of carbonyl (C=O) groups is 1. The van der Waals surface area contributed by atoms with Gasteiger partial charge in [0.2, 0.25) is 0 Å². The lowest BCUT2D eigenvalue weighted by Gasteiger charge is -2.24. The van der Waals surface area contributed by atoms with Gasteiger partial charge in [-0.1, -0.05) is 35.9 Å². The second-order valence-electron chi connectivity index (χ2n) is 6.23. The first-order valence-corrected chi connectivity index (χ1v) is 8.33. The van der Waals surface area contributed by atoms with Crippen molar-refractivity contribution in [1.82, 2.24) is 0 Å². The molecule has 4 heteroatoms. The number of allylic oxidation sites excluding steroid dienone is 1. The fourth-order valence-electron chi connectivity index (χ4n) is 3.08. The topological polar surface area (TPSA) is 29.1 Å². The highest BCUT2D eigenvalue weighted by Gasteiger charge is 2.21. The van der Waals surface area contributed by atoms with Crippen molar-refractivity contribution in [3.8, 4) is 0 Å². The Labute approximate surface area is 146 Å². The predicted octanol–water partition coefficient (Wildman–Crippen LogP) is 5.21. The van der Waals surface area contributed by atoms with Crippen molar-refractivity contribution in [2.45, 2.75) is 20.3 Å². The molecule has 0 spiro atoms. The van der Waals surface area contributed by atoms with Crippen LogP contribution in [0.3, 0.4) is 0 Å². The van der Waals surface area contributed by atoms with Crippen LogP contribution in [0.25, 0.3) is 11.6 Å². The standard InChI is InChI=1S/C20H19ClFNO/c1-12(20-17(21)4-3-5-18(20)22)8-14-6-7-15-10-16(13(2)24)11-23-19(15)9-14/h3-9,16,23H,10-11H2,1-2H3. The summed E-state index contributed by atoms with van der Waals surface area (Å²) in [6.45, 7) is 4.15. The van der Waals surface area contributed by atoms with E-state index in [9.17, 15) is 9.18 Å². The van der Waals surface area contributed by atoms with Crippen molar-refractivity contribution < 1.29 is 9.18 Å². The third kappa shape index (κ3) is 3.36. The van der Waals surface area contributed by atoms with Gasteiger partial charge < -0.3 is 5.32 Å². The maximum Gasteiger partial charge on any atom is 0.134 e. The number of hydrogen-bond acceptors (Lipinski definition) is 2. The first-order valence-electron chi connectivity index (χ1n) is 7.95. The van der Waals surface area contributed by atoms with Crippen molar-refractivity contribution in [1.29, 1.82) is 0 Å². The van der Waals surface area contributed by atoms with Gasteiger partial charge in [-0.15, -0.1) is 0 Å². The van der Waals surface area contributed by atoms with Crippen molar-refractivity contribution in [2.75, 3.05) is 11.9 Å². The van der Waals surface area contributed by atoms with Gasteiger partial charge in [-0.2, -0.15) is 0 Å². The minimum Gasteiger partial charge on any atom is -0.384 e. The molecule has 1 aliphatic rings. The zero-order chi connectivity index (χ0) is 17.3. The average molecular weight is 344 g/mol. The molecule has 1 aliphatic heterocycles. The molecule has 124 valence electrons. The van der Waals surface area contributed by atoms with Crippen molar-refractivity contribution >= 4 is 34.7 Å². The van der Waals surface area contributed by atoms with Crippen LogP contribution in [0.5, 0.6) is 0 Å². The number of halogens is 2. The number of benzene rings is 2. The van der Waals surface area contributed by atoms with Crippen molar-refractivity contribution in [2.24, 2.45) is 5.92 Å². The molecule has 1 atom stereocenters. The molecule has 0 amide bonds. The summed E-state index contributed by atoms with van der Waals surface area (Å²) in [7, 11) is 0. The molecule has 0 radical (unpaired) electrons. The Morgan fingerprint density at radius 3 is 2.79 bits per heavy atom. The van der Waals surface area contributed by atoms with Gasteiger partial charge in [0.05, 0.1) is 5.02 Å². The molecule has 3 rings (SSSR count). The highest BCUT2D eigenvalue weighted by molar-refractivity contribution is 6.32. The second kappa shape index (κ2) is 6.78.